The van der Waals surface area contributed by atoms with Crippen molar-refractivity contribution in [2.45, 2.75) is 64.8 Å². The molecule has 1 aromatic rings. The van der Waals surface area contributed by atoms with Gasteiger partial charge in [0.2, 0.25) is 5.91 Å². The maximum atomic E-state index is 12.2. The first-order valence-corrected chi connectivity index (χ1v) is 7.36. The highest BCUT2D eigenvalue weighted by Gasteiger charge is 2.17. The van der Waals surface area contributed by atoms with Crippen LogP contribution in [-0.2, 0) is 18.3 Å². The van der Waals surface area contributed by atoms with Crippen LogP contribution in [0.2, 0.25) is 0 Å². The standard InChI is InChI=1S/C15H25N3O/c1-11-14(12(2)18(3)17-11)10-15(19)16-13-8-6-4-5-7-9-13/h13H,4-10H2,1-3H3,(H,16,19). The topological polar surface area (TPSA) is 46.9 Å². The summed E-state index contributed by atoms with van der Waals surface area (Å²) in [7, 11) is 1.93. The van der Waals surface area contributed by atoms with Crippen LogP contribution in [0.5, 0.6) is 0 Å². The van der Waals surface area contributed by atoms with Crippen LogP contribution in [0.15, 0.2) is 0 Å². The lowest BCUT2D eigenvalue weighted by atomic mass is 10.1. The molecule has 19 heavy (non-hydrogen) atoms. The van der Waals surface area contributed by atoms with Crippen LogP contribution in [0.1, 0.15) is 55.5 Å². The van der Waals surface area contributed by atoms with Crippen molar-refractivity contribution >= 4 is 5.91 Å². The minimum atomic E-state index is 0.145. The molecule has 1 amide bonds. The summed E-state index contributed by atoms with van der Waals surface area (Å²) < 4.78 is 1.85. The van der Waals surface area contributed by atoms with Crippen LogP contribution in [0.3, 0.4) is 0 Å². The molecule has 0 atom stereocenters. The minimum absolute atomic E-state index is 0.145. The molecular weight excluding hydrogens is 238 g/mol. The van der Waals surface area contributed by atoms with Gasteiger partial charge in [0.1, 0.15) is 0 Å². The monoisotopic (exact) mass is 263 g/mol. The molecule has 1 fully saturated rings. The maximum Gasteiger partial charge on any atom is 0.224 e. The second-order valence-electron chi connectivity index (χ2n) is 5.71. The van der Waals surface area contributed by atoms with Gasteiger partial charge in [0.15, 0.2) is 0 Å². The molecule has 2 rings (SSSR count). The van der Waals surface area contributed by atoms with Crippen LogP contribution >= 0.6 is 0 Å². The molecule has 0 bridgehead atoms. The molecule has 1 aliphatic carbocycles. The summed E-state index contributed by atoms with van der Waals surface area (Å²) in [4.78, 5) is 12.2. The van der Waals surface area contributed by atoms with Crippen molar-refractivity contribution in [3.05, 3.63) is 17.0 Å². The van der Waals surface area contributed by atoms with Gasteiger partial charge in [-0.3, -0.25) is 9.48 Å². The van der Waals surface area contributed by atoms with Crippen molar-refractivity contribution in [2.24, 2.45) is 7.05 Å². The van der Waals surface area contributed by atoms with Gasteiger partial charge >= 0.3 is 0 Å². The first-order valence-electron chi connectivity index (χ1n) is 7.36. The van der Waals surface area contributed by atoms with Gasteiger partial charge in [0.25, 0.3) is 0 Å². The quantitative estimate of drug-likeness (QED) is 0.851. The summed E-state index contributed by atoms with van der Waals surface area (Å²) in [5.74, 6) is 0.145. The summed E-state index contributed by atoms with van der Waals surface area (Å²) in [6.07, 6.45) is 7.85. The van der Waals surface area contributed by atoms with Crippen LogP contribution in [0, 0.1) is 13.8 Å². The average molecular weight is 263 g/mol. The third-order valence-electron chi connectivity index (χ3n) is 4.22. The highest BCUT2D eigenvalue weighted by molar-refractivity contribution is 5.79. The number of aryl methyl sites for hydroxylation is 2. The fourth-order valence-corrected chi connectivity index (χ4v) is 2.94. The summed E-state index contributed by atoms with van der Waals surface area (Å²) in [5.41, 5.74) is 3.14. The lowest BCUT2D eigenvalue weighted by Crippen LogP contribution is -2.35. The molecule has 106 valence electrons. The number of aromatic nitrogens is 2. The molecule has 1 saturated carbocycles. The second-order valence-corrected chi connectivity index (χ2v) is 5.71. The first-order chi connectivity index (χ1) is 9.08. The van der Waals surface area contributed by atoms with E-state index in [2.05, 4.69) is 10.4 Å². The predicted octanol–water partition coefficient (Wildman–Crippen LogP) is 2.42. The Morgan fingerprint density at radius 2 is 1.89 bits per heavy atom. The van der Waals surface area contributed by atoms with Gasteiger partial charge in [-0.05, 0) is 26.7 Å². The smallest absolute Gasteiger partial charge is 0.224 e. The van der Waals surface area contributed by atoms with Crippen LogP contribution < -0.4 is 5.32 Å². The Labute approximate surface area is 115 Å². The Kier molecular flexibility index (Phi) is 4.61. The molecule has 1 aliphatic rings. The summed E-state index contributed by atoms with van der Waals surface area (Å²) in [6, 6.07) is 0.382. The number of nitrogens with zero attached hydrogens (tertiary/aromatic N) is 2. The van der Waals surface area contributed by atoms with Gasteiger partial charge in [-0.25, -0.2) is 0 Å². The third-order valence-corrected chi connectivity index (χ3v) is 4.22. The van der Waals surface area contributed by atoms with Gasteiger partial charge in [-0.1, -0.05) is 25.7 Å². The van der Waals surface area contributed by atoms with Crippen LogP contribution in [0.4, 0.5) is 0 Å². The second kappa shape index (κ2) is 6.22. The zero-order valence-electron chi connectivity index (χ0n) is 12.3. The molecule has 0 aliphatic heterocycles. The van der Waals surface area contributed by atoms with Crippen molar-refractivity contribution in [2.75, 3.05) is 0 Å². The van der Waals surface area contributed by atoms with E-state index in [-0.39, 0.29) is 5.91 Å². The van der Waals surface area contributed by atoms with Crippen LogP contribution in [-0.4, -0.2) is 21.7 Å². The fourth-order valence-electron chi connectivity index (χ4n) is 2.94. The number of rotatable bonds is 3. The van der Waals surface area contributed by atoms with Gasteiger partial charge in [-0.2, -0.15) is 5.10 Å². The number of hydrogen-bond donors (Lipinski definition) is 1. The molecule has 0 unspecified atom stereocenters. The SMILES string of the molecule is Cc1nn(C)c(C)c1CC(=O)NC1CCCCCC1. The predicted molar refractivity (Wildman–Crippen MR) is 76.0 cm³/mol. The molecule has 4 heteroatoms. The number of carbonyl (C=O) groups is 1. The van der Waals surface area contributed by atoms with Crippen molar-refractivity contribution in [3.8, 4) is 0 Å². The van der Waals surface area contributed by atoms with E-state index >= 15 is 0 Å². The fraction of sp³-hybridized carbons (Fsp3) is 0.733. The Morgan fingerprint density at radius 3 is 2.42 bits per heavy atom. The van der Waals surface area contributed by atoms with E-state index in [0.717, 1.165) is 29.8 Å². The Hall–Kier alpha value is -1.32. The zero-order valence-corrected chi connectivity index (χ0v) is 12.3. The third kappa shape index (κ3) is 3.58. The van der Waals surface area contributed by atoms with Crippen molar-refractivity contribution in [1.82, 2.24) is 15.1 Å². The van der Waals surface area contributed by atoms with Gasteiger partial charge in [0.05, 0.1) is 12.1 Å². The molecule has 0 saturated heterocycles. The van der Waals surface area contributed by atoms with E-state index in [4.69, 9.17) is 0 Å². The van der Waals surface area contributed by atoms with E-state index in [1.54, 1.807) is 0 Å². The molecule has 0 aromatic carbocycles. The number of nitrogens with one attached hydrogen (secondary N) is 1. The Bertz CT molecular complexity index is 442. The maximum absolute atomic E-state index is 12.2. The number of amides is 1. The molecular formula is C15H25N3O. The molecule has 1 N–H and O–H groups in total. The van der Waals surface area contributed by atoms with Gasteiger partial charge in [-0.15, -0.1) is 0 Å². The summed E-state index contributed by atoms with van der Waals surface area (Å²) in [6.45, 7) is 4.00. The highest BCUT2D eigenvalue weighted by atomic mass is 16.1. The Balaban J connectivity index is 1.93. The lowest BCUT2D eigenvalue weighted by Gasteiger charge is -2.16. The van der Waals surface area contributed by atoms with E-state index in [0.29, 0.717) is 12.5 Å². The van der Waals surface area contributed by atoms with Gasteiger partial charge in [0, 0.05) is 24.3 Å². The van der Waals surface area contributed by atoms with Crippen molar-refractivity contribution in [1.29, 1.82) is 0 Å². The van der Waals surface area contributed by atoms with E-state index in [1.165, 1.54) is 25.7 Å². The van der Waals surface area contributed by atoms with Crippen molar-refractivity contribution in [3.63, 3.8) is 0 Å². The largest absolute Gasteiger partial charge is 0.353 e. The number of carbonyl (C=O) groups excluding carboxylic acids is 1. The molecule has 4 nitrogen and oxygen atoms in total. The summed E-state index contributed by atoms with van der Waals surface area (Å²) >= 11 is 0. The average Bonchev–Trinajstić information content (AvgIpc) is 2.60. The van der Waals surface area contributed by atoms with E-state index < -0.39 is 0 Å². The molecule has 0 radical (unpaired) electrons. The minimum Gasteiger partial charge on any atom is -0.353 e. The van der Waals surface area contributed by atoms with E-state index in [1.807, 2.05) is 25.6 Å². The van der Waals surface area contributed by atoms with E-state index in [9.17, 15) is 4.79 Å². The molecule has 0 spiro atoms. The van der Waals surface area contributed by atoms with Gasteiger partial charge < -0.3 is 5.32 Å². The summed E-state index contributed by atoms with van der Waals surface area (Å²) in [5, 5.41) is 7.56. The number of hydrogen-bond acceptors (Lipinski definition) is 2. The first kappa shape index (κ1) is 14.1. The highest BCUT2D eigenvalue weighted by Crippen LogP contribution is 2.18. The lowest BCUT2D eigenvalue weighted by molar-refractivity contribution is -0.121. The Morgan fingerprint density at radius 1 is 1.26 bits per heavy atom. The zero-order chi connectivity index (χ0) is 13.8. The van der Waals surface area contributed by atoms with Crippen LogP contribution in [0.25, 0.3) is 0 Å². The van der Waals surface area contributed by atoms with Crippen molar-refractivity contribution < 1.29 is 4.79 Å². The molecule has 1 heterocycles. The molecule has 1 aromatic heterocycles. The normalized spacial score (nSPS) is 17.2.